The molecule has 1 aromatic carbocycles. The molecule has 86 valence electrons. The van der Waals surface area contributed by atoms with Crippen molar-refractivity contribution in [2.24, 2.45) is 7.05 Å². The first kappa shape index (κ1) is 12.0. The maximum Gasteiger partial charge on any atom is 0.170 e. The van der Waals surface area contributed by atoms with Crippen molar-refractivity contribution < 1.29 is 28.5 Å². The van der Waals surface area contributed by atoms with Crippen LogP contribution in [0.4, 0.5) is 0 Å². The van der Waals surface area contributed by atoms with Crippen LogP contribution in [-0.2, 0) is 7.05 Å². The molecule has 0 fully saturated rings. The van der Waals surface area contributed by atoms with Gasteiger partial charge in [-0.2, -0.15) is 0 Å². The summed E-state index contributed by atoms with van der Waals surface area (Å²) < 4.78 is 4.11. The standard InChI is InChI=1S/C13H12N3.HI/c1-15-8-6-11(7-9-15)16-10-14-12-4-2-3-5-13(12)16;/h2-10H,1H3;1H/q+1;/p-1. The van der Waals surface area contributed by atoms with Gasteiger partial charge in [0.25, 0.3) is 0 Å². The molecule has 0 atom stereocenters. The van der Waals surface area contributed by atoms with Gasteiger partial charge in [0, 0.05) is 12.1 Å². The minimum absolute atomic E-state index is 0. The van der Waals surface area contributed by atoms with Crippen LogP contribution in [0.2, 0.25) is 0 Å². The number of benzene rings is 1. The fourth-order valence-electron chi connectivity index (χ4n) is 1.82. The Kier molecular flexibility index (Phi) is 3.42. The van der Waals surface area contributed by atoms with Crippen LogP contribution in [0.5, 0.6) is 0 Å². The molecule has 0 spiro atoms. The number of aryl methyl sites for hydroxylation is 1. The third-order valence-corrected chi connectivity index (χ3v) is 2.69. The van der Waals surface area contributed by atoms with Gasteiger partial charge in [0.05, 0.1) is 16.7 Å². The summed E-state index contributed by atoms with van der Waals surface area (Å²) in [5.41, 5.74) is 3.29. The van der Waals surface area contributed by atoms with E-state index in [-0.39, 0.29) is 24.0 Å². The Bertz CT molecular complexity index is 628. The van der Waals surface area contributed by atoms with E-state index < -0.39 is 0 Å². The largest absolute Gasteiger partial charge is 1.00 e. The molecule has 17 heavy (non-hydrogen) atoms. The predicted molar refractivity (Wildman–Crippen MR) is 62.2 cm³/mol. The van der Waals surface area contributed by atoms with Crippen molar-refractivity contribution in [1.82, 2.24) is 9.55 Å². The van der Waals surface area contributed by atoms with Crippen molar-refractivity contribution in [2.45, 2.75) is 0 Å². The highest BCUT2D eigenvalue weighted by atomic mass is 127. The topological polar surface area (TPSA) is 21.7 Å². The van der Waals surface area contributed by atoms with Crippen molar-refractivity contribution in [1.29, 1.82) is 0 Å². The fraction of sp³-hybridized carbons (Fsp3) is 0.0769. The van der Waals surface area contributed by atoms with E-state index in [2.05, 4.69) is 27.8 Å². The van der Waals surface area contributed by atoms with E-state index in [0.29, 0.717) is 0 Å². The molecule has 0 saturated heterocycles. The lowest BCUT2D eigenvalue weighted by molar-refractivity contribution is -0.671. The Labute approximate surface area is 117 Å². The van der Waals surface area contributed by atoms with Crippen LogP contribution in [0.3, 0.4) is 0 Å². The number of fused-ring (bicyclic) bond motifs is 1. The third-order valence-electron chi connectivity index (χ3n) is 2.69. The number of nitrogens with zero attached hydrogens (tertiary/aromatic N) is 3. The van der Waals surface area contributed by atoms with Crippen molar-refractivity contribution >= 4 is 11.0 Å². The first-order chi connectivity index (χ1) is 7.84. The quantitative estimate of drug-likeness (QED) is 0.406. The van der Waals surface area contributed by atoms with Gasteiger partial charge < -0.3 is 24.0 Å². The van der Waals surface area contributed by atoms with E-state index in [1.807, 2.05) is 48.5 Å². The first-order valence-corrected chi connectivity index (χ1v) is 5.22. The molecule has 0 bridgehead atoms. The molecule has 3 nitrogen and oxygen atoms in total. The second kappa shape index (κ2) is 4.83. The third kappa shape index (κ3) is 2.17. The number of rotatable bonds is 1. The highest BCUT2D eigenvalue weighted by molar-refractivity contribution is 5.77. The molecule has 4 heteroatoms. The second-order valence-corrected chi connectivity index (χ2v) is 3.83. The highest BCUT2D eigenvalue weighted by Crippen LogP contribution is 2.16. The van der Waals surface area contributed by atoms with Crippen LogP contribution in [0.15, 0.2) is 55.1 Å². The minimum atomic E-state index is 0. The van der Waals surface area contributed by atoms with Gasteiger partial charge in [-0.1, -0.05) is 12.1 Å². The Hall–Kier alpha value is -1.43. The lowest BCUT2D eigenvalue weighted by Crippen LogP contribution is -3.00. The maximum atomic E-state index is 4.37. The van der Waals surface area contributed by atoms with E-state index in [1.165, 1.54) is 0 Å². The summed E-state index contributed by atoms with van der Waals surface area (Å²) in [4.78, 5) is 4.37. The van der Waals surface area contributed by atoms with Gasteiger partial charge in [0.15, 0.2) is 12.4 Å². The van der Waals surface area contributed by atoms with E-state index in [1.54, 1.807) is 0 Å². The number of hydrogen-bond donors (Lipinski definition) is 0. The average molecular weight is 337 g/mol. The molecule has 0 aliphatic heterocycles. The monoisotopic (exact) mass is 337 g/mol. The molecule has 3 rings (SSSR count). The van der Waals surface area contributed by atoms with Gasteiger partial charge in [-0.25, -0.2) is 9.55 Å². The van der Waals surface area contributed by atoms with E-state index >= 15 is 0 Å². The van der Waals surface area contributed by atoms with Gasteiger partial charge in [0.2, 0.25) is 0 Å². The van der Waals surface area contributed by atoms with Gasteiger partial charge in [-0.05, 0) is 12.1 Å². The average Bonchev–Trinajstić information content (AvgIpc) is 2.74. The summed E-state index contributed by atoms with van der Waals surface area (Å²) in [5, 5.41) is 0. The Morgan fingerprint density at radius 3 is 2.53 bits per heavy atom. The van der Waals surface area contributed by atoms with Crippen LogP contribution >= 0.6 is 0 Å². The number of pyridine rings is 1. The molecule has 0 amide bonds. The highest BCUT2D eigenvalue weighted by Gasteiger charge is 2.04. The summed E-state index contributed by atoms with van der Waals surface area (Å²) >= 11 is 0. The minimum Gasteiger partial charge on any atom is -1.00 e. The second-order valence-electron chi connectivity index (χ2n) is 3.83. The Morgan fingerprint density at radius 2 is 1.76 bits per heavy atom. The molecule has 0 radical (unpaired) electrons. The zero-order valence-corrected chi connectivity index (χ0v) is 11.6. The van der Waals surface area contributed by atoms with Gasteiger partial charge in [-0.3, -0.25) is 4.57 Å². The van der Waals surface area contributed by atoms with Crippen LogP contribution in [-0.4, -0.2) is 9.55 Å². The van der Waals surface area contributed by atoms with Crippen molar-refractivity contribution in [3.63, 3.8) is 0 Å². The summed E-state index contributed by atoms with van der Waals surface area (Å²) in [6.07, 6.45) is 5.92. The zero-order chi connectivity index (χ0) is 11.0. The number of aromatic nitrogens is 3. The molecule has 0 aliphatic rings. The van der Waals surface area contributed by atoms with Crippen molar-refractivity contribution in [2.75, 3.05) is 0 Å². The molecule has 3 aromatic rings. The normalized spacial score (nSPS) is 10.2. The maximum absolute atomic E-state index is 4.37. The fourth-order valence-corrected chi connectivity index (χ4v) is 1.82. The molecule has 0 aliphatic carbocycles. The lowest BCUT2D eigenvalue weighted by atomic mass is 10.3. The van der Waals surface area contributed by atoms with E-state index in [0.717, 1.165) is 16.7 Å². The summed E-state index contributed by atoms with van der Waals surface area (Å²) in [6.45, 7) is 0. The molecular formula is C13H12IN3. The summed E-state index contributed by atoms with van der Waals surface area (Å²) in [5.74, 6) is 0. The SMILES string of the molecule is C[n+]1ccc(-n2cnc3ccccc32)cc1.[I-]. The number of imidazole rings is 1. The van der Waals surface area contributed by atoms with Gasteiger partial charge >= 0.3 is 0 Å². The molecule has 0 saturated carbocycles. The van der Waals surface area contributed by atoms with Crippen LogP contribution in [0, 0.1) is 0 Å². The van der Waals surface area contributed by atoms with Crippen LogP contribution in [0.25, 0.3) is 16.7 Å². The van der Waals surface area contributed by atoms with Gasteiger partial charge in [0.1, 0.15) is 13.4 Å². The van der Waals surface area contributed by atoms with E-state index in [4.69, 9.17) is 0 Å². The summed E-state index contributed by atoms with van der Waals surface area (Å²) in [7, 11) is 2.01. The van der Waals surface area contributed by atoms with Crippen LogP contribution in [0.1, 0.15) is 0 Å². The first-order valence-electron chi connectivity index (χ1n) is 5.22. The van der Waals surface area contributed by atoms with Crippen molar-refractivity contribution in [3.8, 4) is 5.69 Å². The molecule has 2 aromatic heterocycles. The number of para-hydroxylation sites is 2. The van der Waals surface area contributed by atoms with E-state index in [9.17, 15) is 0 Å². The van der Waals surface area contributed by atoms with Gasteiger partial charge in [-0.15, -0.1) is 0 Å². The molecule has 2 heterocycles. The predicted octanol–water partition coefficient (Wildman–Crippen LogP) is -1.15. The van der Waals surface area contributed by atoms with Crippen molar-refractivity contribution in [3.05, 3.63) is 55.1 Å². The van der Waals surface area contributed by atoms with Crippen LogP contribution < -0.4 is 28.5 Å². The number of hydrogen-bond acceptors (Lipinski definition) is 1. The summed E-state index contributed by atoms with van der Waals surface area (Å²) in [6, 6.07) is 12.3. The molecule has 0 N–H and O–H groups in total. The lowest BCUT2D eigenvalue weighted by Gasteiger charge is -2.01. The number of halogens is 1. The molecular weight excluding hydrogens is 325 g/mol. The molecule has 0 unspecified atom stereocenters. The smallest absolute Gasteiger partial charge is 0.170 e. The Morgan fingerprint density at radius 1 is 1.06 bits per heavy atom. The zero-order valence-electron chi connectivity index (χ0n) is 9.42. The Balaban J connectivity index is 0.00000108.